The summed E-state index contributed by atoms with van der Waals surface area (Å²) in [6, 6.07) is 6.21. The third-order valence-corrected chi connectivity index (χ3v) is 10.3. The molecule has 4 aliphatic rings. The van der Waals surface area contributed by atoms with E-state index >= 15 is 8.78 Å². The molecule has 2 aromatic heterocycles. The molecule has 0 unspecified atom stereocenters. The van der Waals surface area contributed by atoms with E-state index in [1.165, 1.54) is 24.3 Å². The minimum absolute atomic E-state index is 0.0101. The number of aryl methyl sites for hydroxylation is 2. The van der Waals surface area contributed by atoms with Gasteiger partial charge in [0.1, 0.15) is 29.2 Å². The molecule has 8 rings (SSSR count). The number of fused-ring (bicyclic) bond motifs is 6. The molecular weight excluding hydrogens is 588 g/mol. The molecular formula is C36H37F2N5O3. The Morgan fingerprint density at radius 1 is 1.11 bits per heavy atom. The number of benzene rings is 2. The summed E-state index contributed by atoms with van der Waals surface area (Å²) in [4.78, 5) is 14.8. The van der Waals surface area contributed by atoms with Crippen LogP contribution in [0.2, 0.25) is 0 Å². The standard InChI is InChI=1S/C36H37F2N5O3/c1-4-24-26(37)9-7-21-16-23(44)17-25(30(21)24)33-32(38)29-19(2)27(6-5-11-42-12-14-45-15-13-42)40-35-31(29)36(41-33)46-20(3)34-28-10-8-22(39-28)18-43(34)35/h1,7,9,16-17,20,22,28,34,39,44H,5-6,8,10-15,18H2,2-3H3/t20-,22+,28-,34+/m0/s1. The molecule has 0 amide bonds. The molecule has 2 N–H and O–H groups in total. The number of anilines is 1. The Kier molecular flexibility index (Phi) is 7.24. The van der Waals surface area contributed by atoms with Crippen molar-refractivity contribution in [3.05, 3.63) is 52.7 Å². The monoisotopic (exact) mass is 625 g/mol. The first-order valence-corrected chi connectivity index (χ1v) is 16.3. The van der Waals surface area contributed by atoms with Gasteiger partial charge in [-0.2, -0.15) is 0 Å². The minimum atomic E-state index is -0.601. The molecule has 8 nitrogen and oxygen atoms in total. The number of piperazine rings is 1. The molecule has 4 aliphatic heterocycles. The number of halogens is 2. The number of nitrogens with one attached hydrogen (secondary N) is 1. The first-order valence-electron chi connectivity index (χ1n) is 16.3. The Balaban J connectivity index is 1.35. The van der Waals surface area contributed by atoms with Gasteiger partial charge in [0, 0.05) is 53.7 Å². The van der Waals surface area contributed by atoms with Crippen molar-refractivity contribution < 1.29 is 23.4 Å². The number of phenols is 1. The Hall–Kier alpha value is -4.04. The normalized spacial score (nSPS) is 24.1. The molecule has 46 heavy (non-hydrogen) atoms. The van der Waals surface area contributed by atoms with Gasteiger partial charge in [-0.1, -0.05) is 12.0 Å². The maximum Gasteiger partial charge on any atom is 0.226 e. The van der Waals surface area contributed by atoms with E-state index in [0.717, 1.165) is 69.9 Å². The van der Waals surface area contributed by atoms with Crippen LogP contribution < -0.4 is 15.0 Å². The van der Waals surface area contributed by atoms with Crippen LogP contribution in [-0.2, 0) is 11.2 Å². The van der Waals surface area contributed by atoms with Crippen molar-refractivity contribution in [2.75, 3.05) is 44.3 Å². The maximum absolute atomic E-state index is 17.3. The average molecular weight is 626 g/mol. The number of hydrogen-bond acceptors (Lipinski definition) is 8. The largest absolute Gasteiger partial charge is 0.508 e. The van der Waals surface area contributed by atoms with Gasteiger partial charge in [0.05, 0.1) is 30.2 Å². The third kappa shape index (κ3) is 4.67. The zero-order valence-corrected chi connectivity index (χ0v) is 26.1. The quantitative estimate of drug-likeness (QED) is 0.298. The highest BCUT2D eigenvalue weighted by molar-refractivity contribution is 6.06. The lowest BCUT2D eigenvalue weighted by Crippen LogP contribution is -2.62. The van der Waals surface area contributed by atoms with Crippen molar-refractivity contribution in [3.63, 3.8) is 0 Å². The lowest BCUT2D eigenvalue weighted by Gasteiger charge is -2.43. The SMILES string of the molecule is C#Cc1c(F)ccc2cc(O)cc(-c3nc4c5c(nc(CCCN6CCOCC6)c(C)c5c3F)N3C[C@H]5CC[C@H](N5)[C@H]3[C@H](C)O4)c12. The van der Waals surface area contributed by atoms with Gasteiger partial charge in [-0.15, -0.1) is 6.42 Å². The van der Waals surface area contributed by atoms with Gasteiger partial charge in [-0.05, 0) is 75.2 Å². The van der Waals surface area contributed by atoms with Crippen LogP contribution in [0.15, 0.2) is 24.3 Å². The number of aromatic nitrogens is 2. The van der Waals surface area contributed by atoms with Crippen molar-refractivity contribution in [2.45, 2.75) is 63.8 Å². The number of nitrogens with zero attached hydrogens (tertiary/aromatic N) is 4. The molecule has 238 valence electrons. The van der Waals surface area contributed by atoms with Crippen LogP contribution in [0.25, 0.3) is 32.8 Å². The summed E-state index contributed by atoms with van der Waals surface area (Å²) in [6.07, 6.45) is 9.15. The van der Waals surface area contributed by atoms with Crippen molar-refractivity contribution in [1.82, 2.24) is 20.2 Å². The van der Waals surface area contributed by atoms with Gasteiger partial charge in [0.2, 0.25) is 5.88 Å². The fraction of sp³-hybridized carbons (Fsp3) is 0.444. The zero-order chi connectivity index (χ0) is 31.7. The van der Waals surface area contributed by atoms with Crippen LogP contribution in [0.4, 0.5) is 14.6 Å². The van der Waals surface area contributed by atoms with Crippen molar-refractivity contribution in [3.8, 4) is 35.2 Å². The lowest BCUT2D eigenvalue weighted by molar-refractivity contribution is 0.0374. The van der Waals surface area contributed by atoms with E-state index in [-0.39, 0.29) is 46.6 Å². The maximum atomic E-state index is 17.3. The predicted molar refractivity (Wildman–Crippen MR) is 173 cm³/mol. The topological polar surface area (TPSA) is 83.0 Å². The number of morpholine rings is 1. The first kappa shape index (κ1) is 29.4. The van der Waals surface area contributed by atoms with Crippen molar-refractivity contribution in [2.24, 2.45) is 0 Å². The second kappa shape index (κ2) is 11.3. The Bertz CT molecular complexity index is 1920. The first-order chi connectivity index (χ1) is 22.3. The van der Waals surface area contributed by atoms with E-state index in [1.807, 2.05) is 13.8 Å². The zero-order valence-electron chi connectivity index (χ0n) is 26.1. The second-order valence-corrected chi connectivity index (χ2v) is 13.1. The van der Waals surface area contributed by atoms with Gasteiger partial charge >= 0.3 is 0 Å². The summed E-state index contributed by atoms with van der Waals surface area (Å²) >= 11 is 0. The van der Waals surface area contributed by atoms with Gasteiger partial charge in [0.25, 0.3) is 0 Å². The van der Waals surface area contributed by atoms with Crippen molar-refractivity contribution in [1.29, 1.82) is 0 Å². The van der Waals surface area contributed by atoms with Crippen LogP contribution in [0.5, 0.6) is 11.6 Å². The summed E-state index contributed by atoms with van der Waals surface area (Å²) in [7, 11) is 0. The Labute approximate surface area is 266 Å². The van der Waals surface area contributed by atoms with Crippen LogP contribution in [0.3, 0.4) is 0 Å². The minimum Gasteiger partial charge on any atom is -0.508 e. The molecule has 2 aromatic carbocycles. The van der Waals surface area contributed by atoms with Gasteiger partial charge in [0.15, 0.2) is 5.82 Å². The molecule has 4 atom stereocenters. The fourth-order valence-corrected chi connectivity index (χ4v) is 8.17. The number of rotatable bonds is 5. The number of phenolic OH excluding ortho intramolecular Hbond substituents is 1. The Morgan fingerprint density at radius 2 is 1.93 bits per heavy atom. The molecule has 6 heterocycles. The molecule has 3 saturated heterocycles. The smallest absolute Gasteiger partial charge is 0.226 e. The highest BCUT2D eigenvalue weighted by Crippen LogP contribution is 2.47. The third-order valence-electron chi connectivity index (χ3n) is 10.3. The summed E-state index contributed by atoms with van der Waals surface area (Å²) in [6.45, 7) is 8.88. The van der Waals surface area contributed by atoms with E-state index < -0.39 is 11.6 Å². The molecule has 0 radical (unpaired) electrons. The summed E-state index contributed by atoms with van der Waals surface area (Å²) in [5, 5.41) is 16.2. The molecule has 0 spiro atoms. The Morgan fingerprint density at radius 3 is 2.74 bits per heavy atom. The van der Waals surface area contributed by atoms with E-state index in [1.54, 1.807) is 0 Å². The number of aromatic hydroxyl groups is 1. The van der Waals surface area contributed by atoms with E-state index in [9.17, 15) is 5.11 Å². The molecule has 10 heteroatoms. The lowest BCUT2D eigenvalue weighted by atomic mass is 9.94. The number of hydrogen-bond donors (Lipinski definition) is 2. The summed E-state index contributed by atoms with van der Waals surface area (Å²) in [5.41, 5.74) is 1.72. The van der Waals surface area contributed by atoms with Crippen LogP contribution in [0.1, 0.15) is 43.0 Å². The molecule has 2 bridgehead atoms. The van der Waals surface area contributed by atoms with Crippen LogP contribution >= 0.6 is 0 Å². The number of pyridine rings is 2. The number of terminal acetylenes is 1. The molecule has 0 saturated carbocycles. The average Bonchev–Trinajstić information content (AvgIpc) is 3.37. The van der Waals surface area contributed by atoms with Crippen LogP contribution in [0, 0.1) is 30.9 Å². The predicted octanol–water partition coefficient (Wildman–Crippen LogP) is 5.08. The van der Waals surface area contributed by atoms with Gasteiger partial charge < -0.3 is 24.8 Å². The van der Waals surface area contributed by atoms with Crippen molar-refractivity contribution >= 4 is 27.4 Å². The fourth-order valence-electron chi connectivity index (χ4n) is 8.17. The van der Waals surface area contributed by atoms with Gasteiger partial charge in [-0.3, -0.25) is 4.90 Å². The highest BCUT2D eigenvalue weighted by atomic mass is 19.1. The van der Waals surface area contributed by atoms with E-state index in [4.69, 9.17) is 25.9 Å². The summed E-state index contributed by atoms with van der Waals surface area (Å²) in [5.74, 6) is 2.15. The van der Waals surface area contributed by atoms with Crippen LogP contribution in [-0.4, -0.2) is 83.6 Å². The molecule has 0 aliphatic carbocycles. The summed E-state index contributed by atoms with van der Waals surface area (Å²) < 4.78 is 44.5. The molecule has 3 fully saturated rings. The van der Waals surface area contributed by atoms with Gasteiger partial charge in [-0.25, -0.2) is 18.7 Å². The molecule has 4 aromatic rings. The van der Waals surface area contributed by atoms with E-state index in [0.29, 0.717) is 39.8 Å². The second-order valence-electron chi connectivity index (χ2n) is 13.1. The highest BCUT2D eigenvalue weighted by Gasteiger charge is 2.47. The van der Waals surface area contributed by atoms with E-state index in [2.05, 4.69) is 21.0 Å². The number of ether oxygens (including phenoxy) is 2.